The van der Waals surface area contributed by atoms with Gasteiger partial charge in [0.15, 0.2) is 0 Å². The van der Waals surface area contributed by atoms with E-state index in [0.717, 1.165) is 35.2 Å². The average Bonchev–Trinajstić information content (AvgIpc) is 3.41. The summed E-state index contributed by atoms with van der Waals surface area (Å²) in [5.74, 6) is -0.110. The standard InChI is InChI=1S/C17H19N5O2S3/c1-22(8-11-10-26-16(18-11)13-5-3-7-25-13)9-14(23)19-17-21-20-15(27-17)12-4-2-6-24-12/h3,5,7,10,12H,2,4,6,8-9H2,1H3,(H,19,21,23). The van der Waals surface area contributed by atoms with Crippen LogP contribution in [-0.4, -0.2) is 46.2 Å². The molecule has 1 aliphatic heterocycles. The molecule has 0 aromatic carbocycles. The minimum atomic E-state index is -0.110. The minimum Gasteiger partial charge on any atom is -0.371 e. The van der Waals surface area contributed by atoms with E-state index in [1.165, 1.54) is 16.2 Å². The van der Waals surface area contributed by atoms with Crippen molar-refractivity contribution >= 4 is 45.0 Å². The lowest BCUT2D eigenvalue weighted by atomic mass is 10.2. The number of carbonyl (C=O) groups is 1. The Hall–Kier alpha value is -1.72. The molecule has 1 N–H and O–H groups in total. The summed E-state index contributed by atoms with van der Waals surface area (Å²) in [4.78, 5) is 20.0. The molecule has 1 saturated heterocycles. The Morgan fingerprint density at radius 1 is 1.41 bits per heavy atom. The van der Waals surface area contributed by atoms with Gasteiger partial charge in [0.1, 0.15) is 16.1 Å². The molecule has 4 heterocycles. The van der Waals surface area contributed by atoms with E-state index in [2.05, 4.69) is 26.6 Å². The number of thiazole rings is 1. The predicted molar refractivity (Wildman–Crippen MR) is 108 cm³/mol. The zero-order valence-electron chi connectivity index (χ0n) is 14.8. The molecule has 0 radical (unpaired) electrons. The van der Waals surface area contributed by atoms with Crippen molar-refractivity contribution in [2.75, 3.05) is 25.5 Å². The fraction of sp³-hybridized carbons (Fsp3) is 0.412. The number of ether oxygens (including phenoxy) is 1. The van der Waals surface area contributed by atoms with E-state index in [-0.39, 0.29) is 18.6 Å². The Labute approximate surface area is 169 Å². The van der Waals surface area contributed by atoms with Gasteiger partial charge in [-0.1, -0.05) is 17.4 Å². The summed E-state index contributed by atoms with van der Waals surface area (Å²) < 4.78 is 5.60. The lowest BCUT2D eigenvalue weighted by Crippen LogP contribution is -2.29. The molecule has 0 bridgehead atoms. The average molecular weight is 422 g/mol. The summed E-state index contributed by atoms with van der Waals surface area (Å²) in [6.45, 7) is 1.65. The Balaban J connectivity index is 1.28. The van der Waals surface area contributed by atoms with Crippen molar-refractivity contribution in [2.45, 2.75) is 25.5 Å². The van der Waals surface area contributed by atoms with Crippen molar-refractivity contribution in [3.8, 4) is 9.88 Å². The summed E-state index contributed by atoms with van der Waals surface area (Å²) in [5.41, 5.74) is 0.968. The molecule has 3 aromatic heterocycles. The number of carbonyl (C=O) groups excluding carboxylic acids is 1. The number of nitrogens with one attached hydrogen (secondary N) is 1. The monoisotopic (exact) mass is 421 g/mol. The molecule has 10 heteroatoms. The Bertz CT molecular complexity index is 886. The molecule has 0 spiro atoms. The quantitative estimate of drug-likeness (QED) is 0.627. The maximum atomic E-state index is 12.3. The van der Waals surface area contributed by atoms with Gasteiger partial charge in [0.25, 0.3) is 0 Å². The number of rotatable bonds is 7. The number of likely N-dealkylation sites (N-methyl/N-ethyl adjacent to an activating group) is 1. The van der Waals surface area contributed by atoms with Gasteiger partial charge in [0.2, 0.25) is 11.0 Å². The molecular formula is C17H19N5O2S3. The number of hydrogen-bond acceptors (Lipinski definition) is 9. The number of thiophene rings is 1. The topological polar surface area (TPSA) is 80.2 Å². The van der Waals surface area contributed by atoms with E-state index in [1.54, 1.807) is 22.7 Å². The highest BCUT2D eigenvalue weighted by molar-refractivity contribution is 7.20. The van der Waals surface area contributed by atoms with Gasteiger partial charge >= 0.3 is 0 Å². The molecule has 1 atom stereocenters. The summed E-state index contributed by atoms with van der Waals surface area (Å²) >= 11 is 4.69. The van der Waals surface area contributed by atoms with Gasteiger partial charge in [0, 0.05) is 18.5 Å². The molecule has 0 saturated carbocycles. The fourth-order valence-electron chi connectivity index (χ4n) is 2.82. The molecule has 1 amide bonds. The second-order valence-corrected chi connectivity index (χ2v) is 9.10. The van der Waals surface area contributed by atoms with Crippen LogP contribution in [0.3, 0.4) is 0 Å². The van der Waals surface area contributed by atoms with Crippen molar-refractivity contribution in [3.05, 3.63) is 33.6 Å². The van der Waals surface area contributed by atoms with Gasteiger partial charge in [-0.15, -0.1) is 32.9 Å². The van der Waals surface area contributed by atoms with E-state index >= 15 is 0 Å². The van der Waals surface area contributed by atoms with Crippen LogP contribution in [0.2, 0.25) is 0 Å². The first kappa shape index (κ1) is 18.6. The van der Waals surface area contributed by atoms with Crippen LogP contribution in [0.5, 0.6) is 0 Å². The normalized spacial score (nSPS) is 16.9. The van der Waals surface area contributed by atoms with Gasteiger partial charge < -0.3 is 4.74 Å². The van der Waals surface area contributed by atoms with Crippen LogP contribution in [0.15, 0.2) is 22.9 Å². The van der Waals surface area contributed by atoms with E-state index in [1.807, 2.05) is 28.8 Å². The van der Waals surface area contributed by atoms with Gasteiger partial charge in [-0.25, -0.2) is 4.98 Å². The zero-order chi connectivity index (χ0) is 18.6. The Kier molecular flexibility index (Phi) is 5.89. The molecule has 4 rings (SSSR count). The summed E-state index contributed by atoms with van der Waals surface area (Å²) in [6, 6.07) is 4.09. The molecule has 3 aromatic rings. The molecule has 1 fully saturated rings. The summed E-state index contributed by atoms with van der Waals surface area (Å²) in [5, 5.41) is 17.5. The third-order valence-corrected chi connectivity index (χ3v) is 6.88. The van der Waals surface area contributed by atoms with E-state index in [0.29, 0.717) is 11.7 Å². The van der Waals surface area contributed by atoms with Crippen molar-refractivity contribution in [2.24, 2.45) is 0 Å². The van der Waals surface area contributed by atoms with Gasteiger partial charge in [0.05, 0.1) is 17.1 Å². The molecule has 27 heavy (non-hydrogen) atoms. The molecule has 0 aliphatic carbocycles. The van der Waals surface area contributed by atoms with Crippen molar-refractivity contribution in [1.29, 1.82) is 0 Å². The third kappa shape index (κ3) is 4.77. The maximum Gasteiger partial charge on any atom is 0.240 e. The molecule has 142 valence electrons. The first-order chi connectivity index (χ1) is 13.2. The molecule has 1 unspecified atom stereocenters. The minimum absolute atomic E-state index is 0.0260. The van der Waals surface area contributed by atoms with Gasteiger partial charge in [-0.3, -0.25) is 15.0 Å². The number of aromatic nitrogens is 3. The SMILES string of the molecule is CN(CC(=O)Nc1nnc(C2CCCO2)s1)Cc1csc(-c2cccs2)n1. The number of nitrogens with zero attached hydrogens (tertiary/aromatic N) is 4. The molecular weight excluding hydrogens is 402 g/mol. The maximum absolute atomic E-state index is 12.3. The van der Waals surface area contributed by atoms with Crippen LogP contribution in [0.25, 0.3) is 9.88 Å². The lowest BCUT2D eigenvalue weighted by Gasteiger charge is -2.13. The number of hydrogen-bond donors (Lipinski definition) is 1. The summed E-state index contributed by atoms with van der Waals surface area (Å²) in [6.07, 6.45) is 2.03. The second-order valence-electron chi connectivity index (χ2n) is 6.29. The van der Waals surface area contributed by atoms with Crippen LogP contribution >= 0.6 is 34.0 Å². The Morgan fingerprint density at radius 3 is 3.11 bits per heavy atom. The first-order valence-corrected chi connectivity index (χ1v) is 11.2. The molecule has 1 aliphatic rings. The smallest absolute Gasteiger partial charge is 0.240 e. The largest absolute Gasteiger partial charge is 0.371 e. The number of amides is 1. The Morgan fingerprint density at radius 2 is 2.33 bits per heavy atom. The lowest BCUT2D eigenvalue weighted by molar-refractivity contribution is -0.117. The van der Waals surface area contributed by atoms with Crippen molar-refractivity contribution < 1.29 is 9.53 Å². The first-order valence-electron chi connectivity index (χ1n) is 8.59. The van der Waals surface area contributed by atoms with Crippen LogP contribution in [0.1, 0.15) is 29.6 Å². The number of anilines is 1. The van der Waals surface area contributed by atoms with E-state index < -0.39 is 0 Å². The van der Waals surface area contributed by atoms with Crippen LogP contribution < -0.4 is 5.32 Å². The second kappa shape index (κ2) is 8.53. The van der Waals surface area contributed by atoms with Crippen LogP contribution in [0.4, 0.5) is 5.13 Å². The highest BCUT2D eigenvalue weighted by Gasteiger charge is 2.22. The zero-order valence-corrected chi connectivity index (χ0v) is 17.2. The van der Waals surface area contributed by atoms with Gasteiger partial charge in [-0.2, -0.15) is 0 Å². The summed E-state index contributed by atoms with van der Waals surface area (Å²) in [7, 11) is 1.90. The van der Waals surface area contributed by atoms with Crippen LogP contribution in [-0.2, 0) is 16.1 Å². The van der Waals surface area contributed by atoms with Crippen molar-refractivity contribution in [3.63, 3.8) is 0 Å². The van der Waals surface area contributed by atoms with E-state index in [9.17, 15) is 4.79 Å². The van der Waals surface area contributed by atoms with Crippen LogP contribution in [0, 0.1) is 0 Å². The van der Waals surface area contributed by atoms with Gasteiger partial charge in [-0.05, 0) is 31.3 Å². The highest BCUT2D eigenvalue weighted by atomic mass is 32.1. The van der Waals surface area contributed by atoms with E-state index in [4.69, 9.17) is 4.74 Å². The fourth-order valence-corrected chi connectivity index (χ4v) is 5.29. The van der Waals surface area contributed by atoms with Crippen molar-refractivity contribution in [1.82, 2.24) is 20.1 Å². The highest BCUT2D eigenvalue weighted by Crippen LogP contribution is 2.32. The third-order valence-electron chi connectivity index (χ3n) is 4.02. The molecule has 7 nitrogen and oxygen atoms in total. The predicted octanol–water partition coefficient (Wildman–Crippen LogP) is 3.65.